The Balaban J connectivity index is 1.06. The van der Waals surface area contributed by atoms with Crippen molar-refractivity contribution in [2.45, 2.75) is 0 Å². The molecule has 470 valence electrons. The summed E-state index contributed by atoms with van der Waals surface area (Å²) in [4.78, 5) is 20.7. The number of benzene rings is 11. The third-order valence-corrected chi connectivity index (χ3v) is 18.2. The maximum Gasteiger partial charge on any atom is 0.164 e. The SMILES string of the molecule is N#Cc1cc(C#N)c(-c2ccc3c(c2)c2cc(-c4c(C#N)cc(C#N)cc4C#N)ccc2n3-c2ccc(-c3nc(-c4ccccc4)nc(-c4ccccc4)n3)cc2-c2ncccc2-n2c3ccc(-c4c(C#N)cc(C#N)cc4C#N)cc3c3cc(-c4c(C#N)cc(C#N)cc4C#N)ccc32)c(C#N)c1. The first-order valence-corrected chi connectivity index (χ1v) is 31.7. The smallest absolute Gasteiger partial charge is 0.164 e. The summed E-state index contributed by atoms with van der Waals surface area (Å²) in [6.45, 7) is 0. The molecular formula is C86H36N18. The van der Waals surface area contributed by atoms with Gasteiger partial charge in [0.25, 0.3) is 0 Å². The normalized spacial score (nSPS) is 10.6. The average molecular weight is 1320 g/mol. The van der Waals surface area contributed by atoms with Gasteiger partial charge in [0.1, 0.15) is 0 Å². The Morgan fingerprint density at radius 1 is 0.240 bits per heavy atom. The quantitative estimate of drug-likeness (QED) is 0.123. The minimum Gasteiger partial charge on any atom is -0.309 e. The molecule has 0 bridgehead atoms. The maximum atomic E-state index is 10.7. The summed E-state index contributed by atoms with van der Waals surface area (Å²) in [5.74, 6) is 1.10. The van der Waals surface area contributed by atoms with E-state index in [1.807, 2.05) is 143 Å². The zero-order valence-corrected chi connectivity index (χ0v) is 53.8. The van der Waals surface area contributed by atoms with Crippen molar-refractivity contribution in [3.63, 3.8) is 0 Å². The van der Waals surface area contributed by atoms with E-state index in [4.69, 9.17) is 19.9 Å². The Hall–Kier alpha value is -16.9. The number of aromatic nitrogens is 6. The van der Waals surface area contributed by atoms with E-state index in [-0.39, 0.29) is 89.0 Å². The molecule has 15 rings (SSSR count). The van der Waals surface area contributed by atoms with E-state index >= 15 is 0 Å². The molecule has 0 N–H and O–H groups in total. The van der Waals surface area contributed by atoms with Gasteiger partial charge in [0, 0.05) is 72.2 Å². The van der Waals surface area contributed by atoms with Gasteiger partial charge in [0.15, 0.2) is 17.5 Å². The Morgan fingerprint density at radius 3 is 0.827 bits per heavy atom. The first-order valence-electron chi connectivity index (χ1n) is 31.7. The molecule has 4 heterocycles. The van der Waals surface area contributed by atoms with Gasteiger partial charge in [-0.2, -0.15) is 63.1 Å². The van der Waals surface area contributed by atoms with E-state index in [1.54, 1.807) is 36.5 Å². The van der Waals surface area contributed by atoms with Crippen molar-refractivity contribution in [2.24, 2.45) is 0 Å². The Morgan fingerprint density at radius 2 is 0.529 bits per heavy atom. The van der Waals surface area contributed by atoms with Gasteiger partial charge in [-0.05, 0) is 150 Å². The molecule has 0 aliphatic heterocycles. The van der Waals surface area contributed by atoms with Gasteiger partial charge in [0.2, 0.25) is 0 Å². The minimum atomic E-state index is 0.0858. The van der Waals surface area contributed by atoms with E-state index in [1.165, 1.54) is 48.5 Å². The molecule has 15 aromatic rings. The van der Waals surface area contributed by atoms with E-state index in [2.05, 4.69) is 72.8 Å². The molecule has 0 aliphatic carbocycles. The van der Waals surface area contributed by atoms with Crippen molar-refractivity contribution in [3.8, 4) is 174 Å². The highest BCUT2D eigenvalue weighted by Crippen LogP contribution is 2.46. The van der Waals surface area contributed by atoms with Crippen molar-refractivity contribution in [2.75, 3.05) is 0 Å². The largest absolute Gasteiger partial charge is 0.309 e. The van der Waals surface area contributed by atoms with Crippen LogP contribution in [0, 0.1) is 136 Å². The summed E-state index contributed by atoms with van der Waals surface area (Å²) in [5, 5.41) is 127. The molecule has 0 aliphatic rings. The molecule has 18 nitrogen and oxygen atoms in total. The average Bonchev–Trinajstić information content (AvgIpc) is 1.56. The fourth-order valence-corrected chi connectivity index (χ4v) is 13.7. The van der Waals surface area contributed by atoms with Gasteiger partial charge in [0.05, 0.1) is 179 Å². The molecule has 104 heavy (non-hydrogen) atoms. The fraction of sp³-hybridized carbons (Fsp3) is 0. The zero-order valence-electron chi connectivity index (χ0n) is 53.8. The fourth-order valence-electron chi connectivity index (χ4n) is 13.7. The third kappa shape index (κ3) is 10.5. The Kier molecular flexibility index (Phi) is 15.7. The van der Waals surface area contributed by atoms with Gasteiger partial charge in [-0.3, -0.25) is 4.98 Å². The lowest BCUT2D eigenvalue weighted by Crippen LogP contribution is -2.04. The topological polar surface area (TPSA) is 347 Å². The van der Waals surface area contributed by atoms with E-state index < -0.39 is 0 Å². The highest BCUT2D eigenvalue weighted by atomic mass is 15.0. The second-order valence-corrected chi connectivity index (χ2v) is 23.9. The highest BCUT2D eigenvalue weighted by Gasteiger charge is 2.27. The molecule has 0 spiro atoms. The first-order chi connectivity index (χ1) is 51.0. The van der Waals surface area contributed by atoms with Crippen molar-refractivity contribution >= 4 is 43.6 Å². The summed E-state index contributed by atoms with van der Waals surface area (Å²) in [6.07, 6.45) is 1.66. The van der Waals surface area contributed by atoms with Gasteiger partial charge < -0.3 is 9.13 Å². The number of rotatable bonds is 10. The van der Waals surface area contributed by atoms with Gasteiger partial charge in [-0.1, -0.05) is 84.9 Å². The molecular weight excluding hydrogens is 1290 g/mol. The van der Waals surface area contributed by atoms with Crippen LogP contribution in [0.15, 0.2) is 219 Å². The highest BCUT2D eigenvalue weighted by molar-refractivity contribution is 6.15. The van der Waals surface area contributed by atoms with Gasteiger partial charge in [-0.15, -0.1) is 0 Å². The molecule has 0 unspecified atom stereocenters. The van der Waals surface area contributed by atoms with Crippen LogP contribution in [0.4, 0.5) is 0 Å². The van der Waals surface area contributed by atoms with Crippen LogP contribution in [0.1, 0.15) is 66.8 Å². The van der Waals surface area contributed by atoms with Crippen LogP contribution in [-0.4, -0.2) is 29.1 Å². The molecule has 11 aromatic carbocycles. The number of nitriles is 12. The summed E-state index contributed by atoms with van der Waals surface area (Å²) in [6, 6.07) is 87.8. The molecule has 0 amide bonds. The molecule has 18 heteroatoms. The van der Waals surface area contributed by atoms with Crippen molar-refractivity contribution in [3.05, 3.63) is 285 Å². The van der Waals surface area contributed by atoms with Crippen LogP contribution in [0.5, 0.6) is 0 Å². The summed E-state index contributed by atoms with van der Waals surface area (Å²) < 4.78 is 4.06. The third-order valence-electron chi connectivity index (χ3n) is 18.2. The van der Waals surface area contributed by atoms with E-state index in [0.29, 0.717) is 112 Å². The Bertz CT molecular complexity index is 6390. The molecule has 0 radical (unpaired) electrons. The molecule has 4 aromatic heterocycles. The van der Waals surface area contributed by atoms with Crippen LogP contribution in [0.3, 0.4) is 0 Å². The van der Waals surface area contributed by atoms with Crippen molar-refractivity contribution in [1.29, 1.82) is 63.1 Å². The predicted octanol–water partition coefficient (Wildman–Crippen LogP) is 17.3. The van der Waals surface area contributed by atoms with Crippen LogP contribution < -0.4 is 0 Å². The second kappa shape index (κ2) is 25.9. The zero-order chi connectivity index (χ0) is 71.9. The van der Waals surface area contributed by atoms with Gasteiger partial charge in [-0.25, -0.2) is 15.0 Å². The monoisotopic (exact) mass is 1320 g/mol. The number of hydrogen-bond donors (Lipinski definition) is 0. The summed E-state index contributed by atoms with van der Waals surface area (Å²) in [5.41, 5.74) is 10.6. The second-order valence-electron chi connectivity index (χ2n) is 23.9. The standard InChI is InChI=1S/C86H36N18/c87-37-49-24-60(41-91)79(61(25-49)42-92)55-13-18-73-68(32-55)69-33-56(80-62(43-93)26-50(38-88)27-63(80)44-94)14-19-74(69)103(73)77-22-17-59(86-101-84(53-8-3-1-4-9-53)100-85(102-86)54-10-5-2-6-11-54)36-72(77)83-78(12-7-23-99-83)104-75-20-15-57(81-64(45-95)28-51(39-89)29-65(81)46-96)34-70(75)71-35-58(16-21-76(71)104)82-66(47-97)30-52(40-90)31-67(82)48-98/h1-36H. The molecule has 0 atom stereocenters. The van der Waals surface area contributed by atoms with Crippen LogP contribution >= 0.6 is 0 Å². The number of pyridine rings is 1. The van der Waals surface area contributed by atoms with Gasteiger partial charge >= 0.3 is 0 Å². The number of hydrogen-bond acceptors (Lipinski definition) is 16. The first kappa shape index (κ1) is 63.1. The van der Waals surface area contributed by atoms with E-state index in [9.17, 15) is 63.1 Å². The molecule has 0 saturated carbocycles. The van der Waals surface area contributed by atoms with E-state index in [0.717, 1.165) is 11.1 Å². The van der Waals surface area contributed by atoms with Crippen LogP contribution in [0.2, 0.25) is 0 Å². The van der Waals surface area contributed by atoms with Crippen LogP contribution in [-0.2, 0) is 0 Å². The maximum absolute atomic E-state index is 10.7. The molecule has 0 saturated heterocycles. The molecule has 0 fully saturated rings. The summed E-state index contributed by atoms with van der Waals surface area (Å²) >= 11 is 0. The van der Waals surface area contributed by atoms with Crippen molar-refractivity contribution in [1.82, 2.24) is 29.1 Å². The van der Waals surface area contributed by atoms with Crippen molar-refractivity contribution < 1.29 is 0 Å². The Labute approximate surface area is 592 Å². The number of fused-ring (bicyclic) bond motifs is 6. The lowest BCUT2D eigenvalue weighted by atomic mass is 9.91. The minimum absolute atomic E-state index is 0.0858. The lowest BCUT2D eigenvalue weighted by Gasteiger charge is -2.19. The lowest BCUT2D eigenvalue weighted by molar-refractivity contribution is 1.07. The summed E-state index contributed by atoms with van der Waals surface area (Å²) in [7, 11) is 0. The number of nitrogens with zero attached hydrogens (tertiary/aromatic N) is 18. The van der Waals surface area contributed by atoms with Crippen LogP contribution in [0.25, 0.3) is 145 Å². The predicted molar refractivity (Wildman–Crippen MR) is 386 cm³/mol.